The van der Waals surface area contributed by atoms with Crippen LogP contribution in [0.3, 0.4) is 0 Å². The van der Waals surface area contributed by atoms with Crippen molar-refractivity contribution < 1.29 is 20.4 Å². The van der Waals surface area contributed by atoms with Crippen molar-refractivity contribution in [2.24, 2.45) is 0 Å². The first-order chi connectivity index (χ1) is 16.0. The Labute approximate surface area is 230 Å². The standard InChI is InChI=1S/C27H40N2O4.2BrH/c1-2-14-29(23-9-8-21-18-26(32)27(33)19-22(21)17-23)15-6-4-3-5-12-28-13-11-20-7-10-24(30)25(31)16-20;;/h7,10,16,18-19,23,28,30-33H,2-6,8-9,11-15,17H2,1H3;2*1H/t23-;;/m1../s1. The van der Waals surface area contributed by atoms with Crippen LogP contribution in [0.15, 0.2) is 30.3 Å². The summed E-state index contributed by atoms with van der Waals surface area (Å²) in [5.74, 6) is -0.144. The van der Waals surface area contributed by atoms with Crippen molar-refractivity contribution in [3.63, 3.8) is 0 Å². The molecular formula is C27H42Br2N2O4. The summed E-state index contributed by atoms with van der Waals surface area (Å²) in [6.45, 7) is 6.33. The quantitative estimate of drug-likeness (QED) is 0.148. The Morgan fingerprint density at radius 1 is 0.800 bits per heavy atom. The van der Waals surface area contributed by atoms with Crippen molar-refractivity contribution in [3.8, 4) is 23.0 Å². The number of phenolic OH excluding ortho intramolecular Hbond substituents is 4. The number of unbranched alkanes of at least 4 members (excludes halogenated alkanes) is 3. The van der Waals surface area contributed by atoms with E-state index >= 15 is 0 Å². The average molecular weight is 618 g/mol. The number of rotatable bonds is 13. The molecule has 0 saturated heterocycles. The Morgan fingerprint density at radius 3 is 2.20 bits per heavy atom. The van der Waals surface area contributed by atoms with Crippen LogP contribution in [0.25, 0.3) is 0 Å². The first kappa shape index (κ1) is 31.5. The van der Waals surface area contributed by atoms with Crippen LogP contribution in [0.5, 0.6) is 23.0 Å². The predicted octanol–water partition coefficient (Wildman–Crippen LogP) is 5.63. The number of hydrogen-bond donors (Lipinski definition) is 5. The number of aryl methyl sites for hydroxylation is 1. The fourth-order valence-corrected chi connectivity index (χ4v) is 4.84. The topological polar surface area (TPSA) is 96.2 Å². The lowest BCUT2D eigenvalue weighted by molar-refractivity contribution is 0.176. The number of hydrogen-bond acceptors (Lipinski definition) is 6. The highest BCUT2D eigenvalue weighted by Crippen LogP contribution is 2.34. The SMILES string of the molecule is Br.Br.CCCN(CCCCCCNCCc1ccc(O)c(O)c1)[C@@H]1CCc2cc(O)c(O)cc2C1. The minimum Gasteiger partial charge on any atom is -0.504 e. The van der Waals surface area contributed by atoms with Crippen LogP contribution in [0, 0.1) is 0 Å². The molecule has 35 heavy (non-hydrogen) atoms. The van der Waals surface area contributed by atoms with E-state index in [1.807, 2.05) is 6.07 Å². The van der Waals surface area contributed by atoms with Gasteiger partial charge in [0, 0.05) is 6.04 Å². The first-order valence-electron chi connectivity index (χ1n) is 12.5. The smallest absolute Gasteiger partial charge is 0.157 e. The summed E-state index contributed by atoms with van der Waals surface area (Å²) >= 11 is 0. The molecule has 6 nitrogen and oxygen atoms in total. The maximum Gasteiger partial charge on any atom is 0.157 e. The zero-order valence-electron chi connectivity index (χ0n) is 20.7. The summed E-state index contributed by atoms with van der Waals surface area (Å²) in [6.07, 6.45) is 9.81. The highest BCUT2D eigenvalue weighted by molar-refractivity contribution is 8.93. The molecule has 0 amide bonds. The van der Waals surface area contributed by atoms with E-state index in [1.165, 1.54) is 36.5 Å². The number of nitrogens with zero attached hydrogens (tertiary/aromatic N) is 1. The van der Waals surface area contributed by atoms with Crippen molar-refractivity contribution in [3.05, 3.63) is 47.0 Å². The van der Waals surface area contributed by atoms with Crippen LogP contribution >= 0.6 is 34.0 Å². The zero-order valence-corrected chi connectivity index (χ0v) is 24.1. The van der Waals surface area contributed by atoms with Gasteiger partial charge in [-0.2, -0.15) is 0 Å². The summed E-state index contributed by atoms with van der Waals surface area (Å²) < 4.78 is 0. The second-order valence-electron chi connectivity index (χ2n) is 9.28. The monoisotopic (exact) mass is 616 g/mol. The van der Waals surface area contributed by atoms with Gasteiger partial charge in [-0.05, 0) is 112 Å². The second-order valence-corrected chi connectivity index (χ2v) is 9.28. The predicted molar refractivity (Wildman–Crippen MR) is 153 cm³/mol. The number of phenols is 4. The third-order valence-electron chi connectivity index (χ3n) is 6.71. The van der Waals surface area contributed by atoms with Gasteiger partial charge < -0.3 is 30.6 Å². The van der Waals surface area contributed by atoms with Crippen molar-refractivity contribution in [2.45, 2.75) is 70.8 Å². The molecule has 1 atom stereocenters. The molecule has 0 spiro atoms. The van der Waals surface area contributed by atoms with Gasteiger partial charge in [0.05, 0.1) is 0 Å². The van der Waals surface area contributed by atoms with Gasteiger partial charge in [-0.3, -0.25) is 0 Å². The van der Waals surface area contributed by atoms with Gasteiger partial charge in [0.25, 0.3) is 0 Å². The molecule has 3 rings (SSSR count). The third kappa shape index (κ3) is 9.83. The number of aromatic hydroxyl groups is 4. The molecule has 1 aliphatic rings. The highest BCUT2D eigenvalue weighted by atomic mass is 79.9. The van der Waals surface area contributed by atoms with Gasteiger partial charge in [-0.25, -0.2) is 0 Å². The maximum atomic E-state index is 9.87. The second kappa shape index (κ2) is 16.3. The largest absolute Gasteiger partial charge is 0.504 e. The van der Waals surface area contributed by atoms with Crippen LogP contribution in [-0.2, 0) is 19.3 Å². The summed E-state index contributed by atoms with van der Waals surface area (Å²) in [5.41, 5.74) is 3.37. The van der Waals surface area contributed by atoms with Gasteiger partial charge in [-0.15, -0.1) is 34.0 Å². The third-order valence-corrected chi connectivity index (χ3v) is 6.71. The summed E-state index contributed by atoms with van der Waals surface area (Å²) in [4.78, 5) is 2.62. The molecule has 0 heterocycles. The van der Waals surface area contributed by atoms with Crippen LogP contribution in [0.1, 0.15) is 62.1 Å². The summed E-state index contributed by atoms with van der Waals surface area (Å²) in [5, 5.41) is 42.0. The minimum atomic E-state index is -0.0721. The highest BCUT2D eigenvalue weighted by Gasteiger charge is 2.24. The van der Waals surface area contributed by atoms with Crippen molar-refractivity contribution in [2.75, 3.05) is 26.2 Å². The number of nitrogens with one attached hydrogen (secondary N) is 1. The summed E-state index contributed by atoms with van der Waals surface area (Å²) in [6, 6.07) is 8.99. The van der Waals surface area contributed by atoms with Gasteiger partial charge >= 0.3 is 0 Å². The Kier molecular flexibility index (Phi) is 14.7. The molecule has 8 heteroatoms. The molecule has 0 saturated carbocycles. The van der Waals surface area contributed by atoms with Crippen LogP contribution in [0.2, 0.25) is 0 Å². The lowest BCUT2D eigenvalue weighted by Gasteiger charge is -2.35. The molecule has 0 fully saturated rings. The van der Waals surface area contributed by atoms with Crippen molar-refractivity contribution in [1.29, 1.82) is 0 Å². The number of halogens is 2. The normalized spacial score (nSPS) is 14.7. The fourth-order valence-electron chi connectivity index (χ4n) is 4.84. The van der Waals surface area contributed by atoms with Crippen LogP contribution in [-0.4, -0.2) is 57.5 Å². The Hall–Kier alpha value is -1.48. The van der Waals surface area contributed by atoms with E-state index in [0.29, 0.717) is 6.04 Å². The van der Waals surface area contributed by atoms with Gasteiger partial charge in [-0.1, -0.05) is 25.8 Å². The Balaban J connectivity index is 0.00000306. The Morgan fingerprint density at radius 2 is 1.49 bits per heavy atom. The molecule has 0 bridgehead atoms. The first-order valence-corrected chi connectivity index (χ1v) is 12.5. The fraction of sp³-hybridized carbons (Fsp3) is 0.556. The van der Waals surface area contributed by atoms with E-state index in [-0.39, 0.29) is 57.0 Å². The molecule has 0 radical (unpaired) electrons. The van der Waals surface area contributed by atoms with Gasteiger partial charge in [0.1, 0.15) is 0 Å². The molecular weight excluding hydrogens is 576 g/mol. The molecule has 2 aromatic rings. The molecule has 0 aromatic heterocycles. The molecule has 5 N–H and O–H groups in total. The zero-order chi connectivity index (χ0) is 23.6. The maximum absolute atomic E-state index is 9.87. The van der Waals surface area contributed by atoms with Crippen LogP contribution in [0.4, 0.5) is 0 Å². The van der Waals surface area contributed by atoms with E-state index in [2.05, 4.69) is 17.1 Å². The van der Waals surface area contributed by atoms with Crippen molar-refractivity contribution >= 4 is 34.0 Å². The van der Waals surface area contributed by atoms with Crippen LogP contribution < -0.4 is 5.32 Å². The summed E-state index contributed by atoms with van der Waals surface area (Å²) in [7, 11) is 0. The molecule has 198 valence electrons. The lowest BCUT2D eigenvalue weighted by Crippen LogP contribution is -2.40. The Bertz CT molecular complexity index is 898. The van der Waals surface area contributed by atoms with Crippen molar-refractivity contribution in [1.82, 2.24) is 10.2 Å². The number of fused-ring (bicyclic) bond motifs is 1. The molecule has 1 aliphatic carbocycles. The average Bonchev–Trinajstić information content (AvgIpc) is 2.80. The molecule has 0 aliphatic heterocycles. The minimum absolute atomic E-state index is 0. The van der Waals surface area contributed by atoms with E-state index in [4.69, 9.17) is 0 Å². The molecule has 0 unspecified atom stereocenters. The van der Waals surface area contributed by atoms with E-state index < -0.39 is 0 Å². The van der Waals surface area contributed by atoms with E-state index in [1.54, 1.807) is 18.2 Å². The van der Waals surface area contributed by atoms with E-state index in [9.17, 15) is 20.4 Å². The van der Waals surface area contributed by atoms with Gasteiger partial charge in [0.2, 0.25) is 0 Å². The lowest BCUT2D eigenvalue weighted by atomic mass is 9.87. The van der Waals surface area contributed by atoms with E-state index in [0.717, 1.165) is 70.3 Å². The molecule has 2 aromatic carbocycles. The van der Waals surface area contributed by atoms with Gasteiger partial charge in [0.15, 0.2) is 23.0 Å². The number of benzene rings is 2.